The van der Waals surface area contributed by atoms with E-state index < -0.39 is 6.10 Å². The Morgan fingerprint density at radius 2 is 0.535 bits per heavy atom. The fourth-order valence-electron chi connectivity index (χ4n) is 9.07. The topological polar surface area (TPSA) is 78.9 Å². The van der Waals surface area contributed by atoms with E-state index in [4.69, 9.17) is 14.2 Å². The zero-order valence-electron chi connectivity index (χ0n) is 47.5. The van der Waals surface area contributed by atoms with Crippen LogP contribution in [0.15, 0.2) is 48.6 Å². The van der Waals surface area contributed by atoms with Crippen LogP contribution in [0.4, 0.5) is 0 Å². The molecule has 1 unspecified atom stereocenters. The fraction of sp³-hybridized carbons (Fsp3) is 0.831. The van der Waals surface area contributed by atoms with E-state index in [1.165, 1.54) is 193 Å². The van der Waals surface area contributed by atoms with E-state index in [0.29, 0.717) is 19.3 Å². The van der Waals surface area contributed by atoms with Gasteiger partial charge in [0.25, 0.3) is 0 Å². The van der Waals surface area contributed by atoms with Gasteiger partial charge in [0.2, 0.25) is 0 Å². The van der Waals surface area contributed by atoms with Crippen LogP contribution in [0.3, 0.4) is 0 Å². The molecule has 0 radical (unpaired) electrons. The van der Waals surface area contributed by atoms with Gasteiger partial charge < -0.3 is 14.2 Å². The van der Waals surface area contributed by atoms with Gasteiger partial charge in [-0.25, -0.2) is 0 Å². The number of ether oxygens (including phenoxy) is 3. The molecule has 0 aliphatic heterocycles. The molecule has 0 aromatic rings. The molecule has 0 heterocycles. The largest absolute Gasteiger partial charge is 0.462 e. The van der Waals surface area contributed by atoms with Crippen LogP contribution in [0.1, 0.15) is 329 Å². The zero-order chi connectivity index (χ0) is 51.4. The summed E-state index contributed by atoms with van der Waals surface area (Å²) in [6.07, 6.45) is 74.5. The number of esters is 3. The smallest absolute Gasteiger partial charge is 0.306 e. The molecule has 6 nitrogen and oxygen atoms in total. The third kappa shape index (κ3) is 58.1. The first-order valence-corrected chi connectivity index (χ1v) is 31.1. The van der Waals surface area contributed by atoms with Gasteiger partial charge in [0.05, 0.1) is 0 Å². The number of hydrogen-bond donors (Lipinski definition) is 0. The summed E-state index contributed by atoms with van der Waals surface area (Å²) in [5.41, 5.74) is 0. The van der Waals surface area contributed by atoms with Gasteiger partial charge in [-0.05, 0) is 89.9 Å². The molecule has 0 aromatic heterocycles. The Balaban J connectivity index is 3.95. The summed E-state index contributed by atoms with van der Waals surface area (Å²) in [5, 5.41) is 0. The van der Waals surface area contributed by atoms with E-state index in [2.05, 4.69) is 69.4 Å². The molecule has 414 valence electrons. The number of carbonyl (C=O) groups excluding carboxylic acids is 3. The molecule has 0 bridgehead atoms. The minimum atomic E-state index is -0.776. The highest BCUT2D eigenvalue weighted by Crippen LogP contribution is 2.17. The molecule has 6 heteroatoms. The van der Waals surface area contributed by atoms with Gasteiger partial charge in [-0.3, -0.25) is 14.4 Å². The molecule has 0 saturated carbocycles. The second-order valence-electron chi connectivity index (χ2n) is 21.0. The first-order valence-electron chi connectivity index (χ1n) is 31.1. The van der Waals surface area contributed by atoms with Crippen LogP contribution in [0, 0.1) is 0 Å². The maximum Gasteiger partial charge on any atom is 0.306 e. The van der Waals surface area contributed by atoms with Crippen molar-refractivity contribution in [3.63, 3.8) is 0 Å². The molecule has 0 fully saturated rings. The molecule has 0 aliphatic rings. The molecule has 0 amide bonds. The highest BCUT2D eigenvalue weighted by Gasteiger charge is 2.19. The van der Waals surface area contributed by atoms with Crippen LogP contribution in [0.25, 0.3) is 0 Å². The van der Waals surface area contributed by atoms with Crippen molar-refractivity contribution in [2.24, 2.45) is 0 Å². The second-order valence-corrected chi connectivity index (χ2v) is 21.0. The van der Waals surface area contributed by atoms with Crippen molar-refractivity contribution in [3.05, 3.63) is 48.6 Å². The average Bonchev–Trinajstić information content (AvgIpc) is 3.37. The lowest BCUT2D eigenvalue weighted by Gasteiger charge is -2.18. The number of hydrogen-bond acceptors (Lipinski definition) is 6. The van der Waals surface area contributed by atoms with Crippen molar-refractivity contribution in [2.75, 3.05) is 13.2 Å². The number of carbonyl (C=O) groups is 3. The highest BCUT2D eigenvalue weighted by molar-refractivity contribution is 5.71. The number of allylic oxidation sites excluding steroid dienone is 8. The summed E-state index contributed by atoms with van der Waals surface area (Å²) in [7, 11) is 0. The van der Waals surface area contributed by atoms with Crippen LogP contribution in [-0.2, 0) is 28.6 Å². The van der Waals surface area contributed by atoms with Crippen molar-refractivity contribution in [3.8, 4) is 0 Å². The van der Waals surface area contributed by atoms with Crippen LogP contribution >= 0.6 is 0 Å². The first-order chi connectivity index (χ1) is 35.0. The maximum absolute atomic E-state index is 12.8. The highest BCUT2D eigenvalue weighted by atomic mass is 16.6. The molecule has 71 heavy (non-hydrogen) atoms. The molecular formula is C65H118O6. The molecule has 0 spiro atoms. The molecule has 1 atom stereocenters. The standard InChI is InChI=1S/C65H118O6/c1-4-7-10-13-16-19-22-23-24-25-26-27-28-29-30-31-32-33-34-35-36-37-38-39-40-41-42-43-44-47-49-52-55-58-64(67)70-61-62(71-65(68)59-56-53-50-46-21-18-15-12-9-6-3)60-69-63(66)57-54-51-48-45-20-17-14-11-8-5-2/h11-12,14-15,22-23,25-26,62H,4-10,13,16-21,24,27-61H2,1-3H3/b14-11-,15-12-,23-22-,26-25-. The molecule has 0 aliphatic carbocycles. The Kier molecular flexibility index (Phi) is 57.7. The van der Waals surface area contributed by atoms with Crippen molar-refractivity contribution < 1.29 is 28.6 Å². The summed E-state index contributed by atoms with van der Waals surface area (Å²) in [6, 6.07) is 0. The average molecular weight is 996 g/mol. The van der Waals surface area contributed by atoms with Gasteiger partial charge in [0.1, 0.15) is 13.2 Å². The van der Waals surface area contributed by atoms with E-state index in [-0.39, 0.29) is 31.1 Å². The first kappa shape index (κ1) is 68.4. The summed E-state index contributed by atoms with van der Waals surface area (Å²) in [4.78, 5) is 38.0. The Bertz CT molecular complexity index is 1230. The predicted octanol–water partition coefficient (Wildman–Crippen LogP) is 21.0. The van der Waals surface area contributed by atoms with Gasteiger partial charge >= 0.3 is 17.9 Å². The minimum absolute atomic E-state index is 0.0761. The normalized spacial score (nSPS) is 12.3. The molecule has 0 saturated heterocycles. The number of unbranched alkanes of at least 4 members (excludes halogenated alkanes) is 38. The summed E-state index contributed by atoms with van der Waals surface area (Å²) in [6.45, 7) is 6.52. The van der Waals surface area contributed by atoms with Gasteiger partial charge in [0, 0.05) is 19.3 Å². The van der Waals surface area contributed by atoms with Crippen molar-refractivity contribution in [2.45, 2.75) is 335 Å². The van der Waals surface area contributed by atoms with E-state index in [1.807, 2.05) is 0 Å². The second kappa shape index (κ2) is 59.9. The van der Waals surface area contributed by atoms with E-state index >= 15 is 0 Å². The van der Waals surface area contributed by atoms with Crippen LogP contribution in [0.5, 0.6) is 0 Å². The van der Waals surface area contributed by atoms with Gasteiger partial charge in [-0.2, -0.15) is 0 Å². The van der Waals surface area contributed by atoms with E-state index in [1.54, 1.807) is 0 Å². The number of rotatable bonds is 57. The fourth-order valence-corrected chi connectivity index (χ4v) is 9.07. The lowest BCUT2D eigenvalue weighted by molar-refractivity contribution is -0.167. The predicted molar refractivity (Wildman–Crippen MR) is 307 cm³/mol. The molecule has 0 N–H and O–H groups in total. The van der Waals surface area contributed by atoms with Crippen LogP contribution in [0.2, 0.25) is 0 Å². The molecule has 0 rings (SSSR count). The third-order valence-electron chi connectivity index (χ3n) is 13.7. The SMILES string of the molecule is CCC/C=C\CCCCCCCC(=O)OCC(COC(=O)CCCCCCCCCCCCCCCCCCCCCCC/C=C\C/C=C\CCCCCCC)OC(=O)CCCCCCC/C=C\CCC. The van der Waals surface area contributed by atoms with E-state index in [0.717, 1.165) is 96.3 Å². The van der Waals surface area contributed by atoms with Crippen molar-refractivity contribution >= 4 is 17.9 Å². The Labute approximate surface area is 441 Å². The lowest BCUT2D eigenvalue weighted by Crippen LogP contribution is -2.30. The van der Waals surface area contributed by atoms with Gasteiger partial charge in [-0.15, -0.1) is 0 Å². The maximum atomic E-state index is 12.8. The van der Waals surface area contributed by atoms with Crippen LogP contribution < -0.4 is 0 Å². The lowest BCUT2D eigenvalue weighted by atomic mass is 10.0. The monoisotopic (exact) mass is 995 g/mol. The summed E-state index contributed by atoms with van der Waals surface area (Å²) in [5.74, 6) is -0.886. The van der Waals surface area contributed by atoms with Crippen LogP contribution in [-0.4, -0.2) is 37.2 Å². The Hall–Kier alpha value is -2.63. The summed E-state index contributed by atoms with van der Waals surface area (Å²) >= 11 is 0. The molecular weight excluding hydrogens is 877 g/mol. The van der Waals surface area contributed by atoms with E-state index in [9.17, 15) is 14.4 Å². The van der Waals surface area contributed by atoms with Crippen molar-refractivity contribution in [1.29, 1.82) is 0 Å². The Morgan fingerprint density at radius 3 is 0.845 bits per heavy atom. The summed E-state index contributed by atoms with van der Waals surface area (Å²) < 4.78 is 16.8. The Morgan fingerprint density at radius 1 is 0.282 bits per heavy atom. The van der Waals surface area contributed by atoms with Crippen molar-refractivity contribution in [1.82, 2.24) is 0 Å². The van der Waals surface area contributed by atoms with Gasteiger partial charge in [-0.1, -0.05) is 268 Å². The minimum Gasteiger partial charge on any atom is -0.462 e. The van der Waals surface area contributed by atoms with Gasteiger partial charge in [0.15, 0.2) is 6.10 Å². The third-order valence-corrected chi connectivity index (χ3v) is 13.7. The molecule has 0 aromatic carbocycles. The quantitative estimate of drug-likeness (QED) is 0.0261. The zero-order valence-corrected chi connectivity index (χ0v) is 47.5.